The Morgan fingerprint density at radius 3 is 1.94 bits per heavy atom. The molecule has 3 nitrogen and oxygen atoms in total. The Morgan fingerprint density at radius 1 is 1.06 bits per heavy atom. The van der Waals surface area contributed by atoms with Crippen molar-refractivity contribution in [1.82, 2.24) is 9.78 Å². The lowest BCUT2D eigenvalue weighted by Gasteiger charge is -2.20. The molecule has 0 saturated carbocycles. The Balaban J connectivity index is 3.22. The summed E-state index contributed by atoms with van der Waals surface area (Å²) in [5, 5.41) is 15.0. The minimum absolute atomic E-state index is 0.176. The van der Waals surface area contributed by atoms with Crippen molar-refractivity contribution in [2.45, 2.75) is 66.8 Å². The van der Waals surface area contributed by atoms with Gasteiger partial charge in [0.2, 0.25) is 5.88 Å². The minimum atomic E-state index is -0.176. The van der Waals surface area contributed by atoms with E-state index < -0.39 is 0 Å². The van der Waals surface area contributed by atoms with Gasteiger partial charge in [-0.1, -0.05) is 27.7 Å². The largest absolute Gasteiger partial charge is 0.493 e. The van der Waals surface area contributed by atoms with Gasteiger partial charge in [0.05, 0.1) is 11.2 Å². The summed E-state index contributed by atoms with van der Waals surface area (Å²) in [5.74, 6) is 1.44. The number of hydrogen-bond donors (Lipinski definition) is 1. The van der Waals surface area contributed by atoms with Crippen LogP contribution in [0.4, 0.5) is 0 Å². The number of rotatable bonds is 4. The zero-order valence-electron chi connectivity index (χ0n) is 12.9. The second-order valence-electron chi connectivity index (χ2n) is 7.03. The van der Waals surface area contributed by atoms with Gasteiger partial charge in [-0.2, -0.15) is 5.10 Å². The fraction of sp³-hybridized carbons (Fsp3) is 0.800. The molecule has 1 N–H and O–H groups in total. The van der Waals surface area contributed by atoms with Crippen molar-refractivity contribution in [3.8, 4) is 5.88 Å². The van der Waals surface area contributed by atoms with Gasteiger partial charge in [-0.05, 0) is 45.4 Å². The minimum Gasteiger partial charge on any atom is -0.493 e. The maximum atomic E-state index is 10.4. The van der Waals surface area contributed by atoms with Gasteiger partial charge < -0.3 is 5.11 Å². The summed E-state index contributed by atoms with van der Waals surface area (Å²) in [5.41, 5.74) is 1.92. The zero-order valence-corrected chi connectivity index (χ0v) is 12.9. The SMILES string of the molecule is CC(C)Cc1nn(C(C)(C)C)c(O)c1CC(C)C. The van der Waals surface area contributed by atoms with E-state index in [0.717, 1.165) is 24.1 Å². The second-order valence-corrected chi connectivity index (χ2v) is 7.03. The zero-order chi connectivity index (χ0) is 14.1. The van der Waals surface area contributed by atoms with Gasteiger partial charge in [0.1, 0.15) is 0 Å². The maximum Gasteiger partial charge on any atom is 0.213 e. The summed E-state index contributed by atoms with van der Waals surface area (Å²) in [4.78, 5) is 0. The molecule has 0 fully saturated rings. The van der Waals surface area contributed by atoms with E-state index in [4.69, 9.17) is 0 Å². The van der Waals surface area contributed by atoms with Crippen LogP contribution in [0, 0.1) is 11.8 Å². The number of nitrogens with zero attached hydrogens (tertiary/aromatic N) is 2. The molecule has 0 aliphatic carbocycles. The Kier molecular flexibility index (Phi) is 4.46. The van der Waals surface area contributed by atoms with E-state index in [1.165, 1.54) is 0 Å². The van der Waals surface area contributed by atoms with Gasteiger partial charge in [-0.25, -0.2) is 4.68 Å². The van der Waals surface area contributed by atoms with Crippen molar-refractivity contribution in [2.75, 3.05) is 0 Å². The Hall–Kier alpha value is -0.990. The first-order valence-corrected chi connectivity index (χ1v) is 6.93. The lowest BCUT2D eigenvalue weighted by molar-refractivity contribution is 0.291. The summed E-state index contributed by atoms with van der Waals surface area (Å²) in [7, 11) is 0. The molecular weight excluding hydrogens is 224 g/mol. The first-order valence-electron chi connectivity index (χ1n) is 6.93. The van der Waals surface area contributed by atoms with E-state index in [0.29, 0.717) is 17.7 Å². The molecule has 0 aliphatic heterocycles. The van der Waals surface area contributed by atoms with Crippen molar-refractivity contribution >= 4 is 0 Å². The molecule has 104 valence electrons. The number of aromatic hydroxyl groups is 1. The molecule has 0 amide bonds. The van der Waals surface area contributed by atoms with Crippen molar-refractivity contribution in [3.05, 3.63) is 11.3 Å². The van der Waals surface area contributed by atoms with Crippen molar-refractivity contribution < 1.29 is 5.11 Å². The van der Waals surface area contributed by atoms with Gasteiger partial charge in [0.25, 0.3) is 0 Å². The normalized spacial score (nSPS) is 12.7. The quantitative estimate of drug-likeness (QED) is 0.886. The van der Waals surface area contributed by atoms with Gasteiger partial charge in [0, 0.05) is 5.56 Å². The van der Waals surface area contributed by atoms with Crippen LogP contribution >= 0.6 is 0 Å². The molecule has 3 heteroatoms. The van der Waals surface area contributed by atoms with Crippen LogP contribution in [0.2, 0.25) is 0 Å². The molecule has 0 saturated heterocycles. The average molecular weight is 252 g/mol. The Labute approximate surface area is 111 Å². The smallest absolute Gasteiger partial charge is 0.213 e. The molecule has 1 aromatic heterocycles. The van der Waals surface area contributed by atoms with Crippen molar-refractivity contribution in [2.24, 2.45) is 11.8 Å². The van der Waals surface area contributed by atoms with Crippen LogP contribution in [0.25, 0.3) is 0 Å². The predicted octanol–water partition coefficient (Wildman–Crippen LogP) is 3.74. The summed E-state index contributed by atoms with van der Waals surface area (Å²) in [6.07, 6.45) is 1.82. The van der Waals surface area contributed by atoms with Gasteiger partial charge in [0.15, 0.2) is 0 Å². The van der Waals surface area contributed by atoms with Crippen molar-refractivity contribution in [3.63, 3.8) is 0 Å². The summed E-state index contributed by atoms with van der Waals surface area (Å²) < 4.78 is 1.77. The van der Waals surface area contributed by atoms with Crippen molar-refractivity contribution in [1.29, 1.82) is 0 Å². The van der Waals surface area contributed by atoms with Crippen LogP contribution in [0.1, 0.15) is 59.7 Å². The Morgan fingerprint density at radius 2 is 1.56 bits per heavy atom. The van der Waals surface area contributed by atoms with Crippen LogP contribution in [0.5, 0.6) is 5.88 Å². The fourth-order valence-corrected chi connectivity index (χ4v) is 2.12. The second kappa shape index (κ2) is 5.33. The lowest BCUT2D eigenvalue weighted by Crippen LogP contribution is -2.23. The molecule has 0 bridgehead atoms. The van der Waals surface area contributed by atoms with E-state index in [9.17, 15) is 5.11 Å². The van der Waals surface area contributed by atoms with E-state index in [2.05, 4.69) is 53.6 Å². The van der Waals surface area contributed by atoms with E-state index >= 15 is 0 Å². The first kappa shape index (κ1) is 15.1. The lowest BCUT2D eigenvalue weighted by atomic mass is 9.98. The summed E-state index contributed by atoms with van der Waals surface area (Å²) in [6.45, 7) is 14.9. The Bertz CT molecular complexity index is 397. The van der Waals surface area contributed by atoms with E-state index in [1.54, 1.807) is 4.68 Å². The first-order chi connectivity index (χ1) is 8.12. The maximum absolute atomic E-state index is 10.4. The molecule has 1 rings (SSSR count). The highest BCUT2D eigenvalue weighted by molar-refractivity contribution is 5.32. The third-order valence-corrected chi connectivity index (χ3v) is 2.89. The van der Waals surface area contributed by atoms with Crippen LogP contribution in [0.15, 0.2) is 0 Å². The van der Waals surface area contributed by atoms with Gasteiger partial charge in [-0.3, -0.25) is 0 Å². The highest BCUT2D eigenvalue weighted by atomic mass is 16.3. The third-order valence-electron chi connectivity index (χ3n) is 2.89. The highest BCUT2D eigenvalue weighted by Gasteiger charge is 2.25. The fourth-order valence-electron chi connectivity index (χ4n) is 2.12. The molecular formula is C15H28N2O. The van der Waals surface area contributed by atoms with Crippen LogP contribution in [0.3, 0.4) is 0 Å². The molecule has 0 aromatic carbocycles. The summed E-state index contributed by atoms with van der Waals surface area (Å²) in [6, 6.07) is 0. The summed E-state index contributed by atoms with van der Waals surface area (Å²) >= 11 is 0. The van der Waals surface area contributed by atoms with Crippen LogP contribution in [-0.2, 0) is 18.4 Å². The monoisotopic (exact) mass is 252 g/mol. The molecule has 0 unspecified atom stereocenters. The molecule has 0 atom stereocenters. The molecule has 1 heterocycles. The third kappa shape index (κ3) is 3.50. The van der Waals surface area contributed by atoms with Gasteiger partial charge >= 0.3 is 0 Å². The van der Waals surface area contributed by atoms with E-state index in [1.807, 2.05) is 0 Å². The molecule has 0 radical (unpaired) electrons. The van der Waals surface area contributed by atoms with Crippen LogP contribution in [-0.4, -0.2) is 14.9 Å². The van der Waals surface area contributed by atoms with Gasteiger partial charge in [-0.15, -0.1) is 0 Å². The predicted molar refractivity (Wildman–Crippen MR) is 76.0 cm³/mol. The standard InChI is InChI=1S/C15H28N2O/c1-10(2)8-12-13(9-11(3)4)16-17(14(12)18)15(5,6)7/h10-11,18H,8-9H2,1-7H3. The number of aromatic nitrogens is 2. The van der Waals surface area contributed by atoms with Crippen LogP contribution < -0.4 is 0 Å². The topological polar surface area (TPSA) is 38.0 Å². The molecule has 1 aromatic rings. The molecule has 0 spiro atoms. The molecule has 18 heavy (non-hydrogen) atoms. The molecule has 0 aliphatic rings. The average Bonchev–Trinajstić information content (AvgIpc) is 2.43. The number of hydrogen-bond acceptors (Lipinski definition) is 2. The van der Waals surface area contributed by atoms with E-state index in [-0.39, 0.29) is 5.54 Å². The highest BCUT2D eigenvalue weighted by Crippen LogP contribution is 2.30.